The summed E-state index contributed by atoms with van der Waals surface area (Å²) in [5, 5.41) is 1.87. The molecule has 0 aliphatic carbocycles. The second-order valence-corrected chi connectivity index (χ2v) is 7.22. The summed E-state index contributed by atoms with van der Waals surface area (Å²) in [5.41, 5.74) is 1.18. The summed E-state index contributed by atoms with van der Waals surface area (Å²) in [6.07, 6.45) is 3.48. The van der Waals surface area contributed by atoms with E-state index in [1.165, 1.54) is 11.3 Å². The first-order chi connectivity index (χ1) is 12.2. The molecule has 3 aromatic rings. The molecule has 7 heteroatoms. The number of nitrogens with one attached hydrogen (secondary N) is 1. The van der Waals surface area contributed by atoms with Crippen LogP contribution in [0.15, 0.2) is 40.6 Å². The van der Waals surface area contributed by atoms with Crippen molar-refractivity contribution in [2.45, 2.75) is 19.4 Å². The summed E-state index contributed by atoms with van der Waals surface area (Å²) in [6.45, 7) is 2.12. The van der Waals surface area contributed by atoms with E-state index in [1.807, 2.05) is 23.6 Å². The molecule has 1 aliphatic rings. The van der Waals surface area contributed by atoms with Crippen LogP contribution in [0.2, 0.25) is 0 Å². The molecule has 1 atom stereocenters. The minimum atomic E-state index is -0.0897. The fourth-order valence-electron chi connectivity index (χ4n) is 3.34. The summed E-state index contributed by atoms with van der Waals surface area (Å²) in [4.78, 5) is 38.5. The lowest BCUT2D eigenvalue weighted by molar-refractivity contribution is 0.0803. The van der Waals surface area contributed by atoms with Gasteiger partial charge in [0.05, 0.1) is 12.1 Å². The van der Waals surface area contributed by atoms with Gasteiger partial charge in [-0.3, -0.25) is 19.5 Å². The summed E-state index contributed by atoms with van der Waals surface area (Å²) in [7, 11) is 0. The first-order valence-corrected chi connectivity index (χ1v) is 9.22. The van der Waals surface area contributed by atoms with Gasteiger partial charge in [-0.25, -0.2) is 4.98 Å². The van der Waals surface area contributed by atoms with Crippen LogP contribution in [0, 0.1) is 5.92 Å². The van der Waals surface area contributed by atoms with Crippen LogP contribution in [0.5, 0.6) is 0 Å². The van der Waals surface area contributed by atoms with E-state index in [0.29, 0.717) is 29.3 Å². The van der Waals surface area contributed by atoms with Crippen LogP contribution in [0.3, 0.4) is 0 Å². The van der Waals surface area contributed by atoms with Crippen molar-refractivity contribution in [3.05, 3.63) is 57.7 Å². The number of hydrogen-bond acceptors (Lipinski definition) is 6. The van der Waals surface area contributed by atoms with Gasteiger partial charge in [-0.05, 0) is 43.0 Å². The van der Waals surface area contributed by atoms with Crippen LogP contribution >= 0.6 is 11.3 Å². The van der Waals surface area contributed by atoms with Crippen molar-refractivity contribution in [2.75, 3.05) is 13.1 Å². The molecule has 4 rings (SSSR count). The third kappa shape index (κ3) is 3.38. The fraction of sp³-hybridized carbons (Fsp3) is 0.333. The zero-order valence-electron chi connectivity index (χ0n) is 13.6. The lowest BCUT2D eigenvalue weighted by Gasteiger charge is -2.31. The molecule has 0 radical (unpaired) electrons. The van der Waals surface area contributed by atoms with Crippen molar-refractivity contribution < 1.29 is 4.79 Å². The van der Waals surface area contributed by atoms with E-state index in [0.717, 1.165) is 24.9 Å². The highest BCUT2D eigenvalue weighted by Crippen LogP contribution is 2.21. The predicted molar refractivity (Wildman–Crippen MR) is 96.8 cm³/mol. The third-order valence-electron chi connectivity index (χ3n) is 4.53. The van der Waals surface area contributed by atoms with E-state index in [2.05, 4.69) is 19.9 Å². The Morgan fingerprint density at radius 1 is 1.36 bits per heavy atom. The second kappa shape index (κ2) is 6.85. The normalized spacial score (nSPS) is 18.5. The molecule has 0 amide bonds. The zero-order chi connectivity index (χ0) is 17.2. The molecule has 3 aromatic heterocycles. The molecule has 0 bridgehead atoms. The number of likely N-dealkylation sites (tertiary alicyclic amines) is 1. The molecule has 0 aromatic carbocycles. The van der Waals surface area contributed by atoms with Crippen LogP contribution in [0.1, 0.15) is 29.2 Å². The van der Waals surface area contributed by atoms with Gasteiger partial charge in [-0.1, -0.05) is 6.07 Å². The largest absolute Gasteiger partial charge is 0.308 e. The lowest BCUT2D eigenvalue weighted by Crippen LogP contribution is -2.39. The van der Waals surface area contributed by atoms with Gasteiger partial charge in [-0.15, -0.1) is 11.3 Å². The van der Waals surface area contributed by atoms with Gasteiger partial charge < -0.3 is 4.98 Å². The van der Waals surface area contributed by atoms with Crippen LogP contribution in [-0.2, 0) is 6.54 Å². The summed E-state index contributed by atoms with van der Waals surface area (Å²) in [5.74, 6) is 0.696. The molecule has 25 heavy (non-hydrogen) atoms. The Kier molecular flexibility index (Phi) is 4.42. The molecule has 0 saturated carbocycles. The Morgan fingerprint density at radius 3 is 3.12 bits per heavy atom. The maximum atomic E-state index is 12.6. The second-order valence-electron chi connectivity index (χ2n) is 6.30. The maximum absolute atomic E-state index is 12.6. The Labute approximate surface area is 148 Å². The van der Waals surface area contributed by atoms with Gasteiger partial charge in [0.2, 0.25) is 0 Å². The molecule has 1 fully saturated rings. The Bertz CT molecular complexity index is 950. The van der Waals surface area contributed by atoms with Crippen molar-refractivity contribution in [1.82, 2.24) is 19.9 Å². The average molecular weight is 354 g/mol. The van der Waals surface area contributed by atoms with Gasteiger partial charge in [0.1, 0.15) is 16.2 Å². The summed E-state index contributed by atoms with van der Waals surface area (Å²) >= 11 is 1.40. The number of ketones is 1. The topological polar surface area (TPSA) is 79.0 Å². The number of rotatable bonds is 4. The number of aromatic amines is 1. The number of piperidine rings is 1. The van der Waals surface area contributed by atoms with Crippen LogP contribution in [-0.4, -0.2) is 38.7 Å². The van der Waals surface area contributed by atoms with Crippen molar-refractivity contribution in [3.63, 3.8) is 0 Å². The Hall–Kier alpha value is -2.38. The number of aromatic nitrogens is 3. The number of Topliss-reactive ketones (excluding diaryl/α,β-unsaturated/α-hetero) is 1. The van der Waals surface area contributed by atoms with Gasteiger partial charge in [0, 0.05) is 18.7 Å². The first-order valence-electron chi connectivity index (χ1n) is 8.35. The molecule has 128 valence electrons. The molecular formula is C18H18N4O2S. The molecule has 1 aliphatic heterocycles. The number of thiophene rings is 1. The van der Waals surface area contributed by atoms with Crippen molar-refractivity contribution in [1.29, 1.82) is 0 Å². The SMILES string of the molecule is O=C(c1ccccn1)[C@@H]1CCCN(Cc2nc3ccsc3c(=O)[nH]2)C1. The number of H-pyrrole nitrogens is 1. The van der Waals surface area contributed by atoms with E-state index in [4.69, 9.17) is 0 Å². The fourth-order valence-corrected chi connectivity index (χ4v) is 4.06. The van der Waals surface area contributed by atoms with E-state index in [1.54, 1.807) is 12.3 Å². The highest BCUT2D eigenvalue weighted by molar-refractivity contribution is 7.17. The zero-order valence-corrected chi connectivity index (χ0v) is 14.5. The minimum absolute atomic E-state index is 0.0553. The predicted octanol–water partition coefficient (Wildman–Crippen LogP) is 2.47. The van der Waals surface area contributed by atoms with E-state index < -0.39 is 0 Å². The average Bonchev–Trinajstić information content (AvgIpc) is 3.11. The molecular weight excluding hydrogens is 336 g/mol. The number of fused-ring (bicyclic) bond motifs is 1. The van der Waals surface area contributed by atoms with Crippen molar-refractivity contribution in [3.8, 4) is 0 Å². The van der Waals surface area contributed by atoms with Crippen molar-refractivity contribution >= 4 is 27.3 Å². The molecule has 1 saturated heterocycles. The molecule has 4 heterocycles. The first kappa shape index (κ1) is 16.1. The summed E-state index contributed by atoms with van der Waals surface area (Å²) < 4.78 is 0.658. The molecule has 6 nitrogen and oxygen atoms in total. The van der Waals surface area contributed by atoms with Gasteiger partial charge in [0.25, 0.3) is 5.56 Å². The van der Waals surface area contributed by atoms with Gasteiger partial charge >= 0.3 is 0 Å². The maximum Gasteiger partial charge on any atom is 0.268 e. The quantitative estimate of drug-likeness (QED) is 0.728. The van der Waals surface area contributed by atoms with Crippen molar-refractivity contribution in [2.24, 2.45) is 5.92 Å². The molecule has 0 spiro atoms. The van der Waals surface area contributed by atoms with Crippen LogP contribution < -0.4 is 5.56 Å². The standard InChI is InChI=1S/C18H18N4O2S/c23-16(13-5-1-2-7-19-13)12-4-3-8-22(10-12)11-15-20-14-6-9-25-17(14)18(24)21-15/h1-2,5-7,9,12H,3-4,8,10-11H2,(H,20,21,24)/t12-/m1/s1. The number of nitrogens with zero attached hydrogens (tertiary/aromatic N) is 3. The number of hydrogen-bond donors (Lipinski definition) is 1. The van der Waals surface area contributed by atoms with E-state index >= 15 is 0 Å². The Balaban J connectivity index is 1.49. The lowest BCUT2D eigenvalue weighted by atomic mass is 9.92. The van der Waals surface area contributed by atoms with E-state index in [-0.39, 0.29) is 17.3 Å². The number of carbonyl (C=O) groups excluding carboxylic acids is 1. The molecule has 0 unspecified atom stereocenters. The van der Waals surface area contributed by atoms with Gasteiger partial charge in [0.15, 0.2) is 5.78 Å². The van der Waals surface area contributed by atoms with Crippen LogP contribution in [0.25, 0.3) is 10.2 Å². The van der Waals surface area contributed by atoms with Crippen LogP contribution in [0.4, 0.5) is 0 Å². The van der Waals surface area contributed by atoms with Gasteiger partial charge in [-0.2, -0.15) is 0 Å². The smallest absolute Gasteiger partial charge is 0.268 e. The highest BCUT2D eigenvalue weighted by Gasteiger charge is 2.27. The summed E-state index contributed by atoms with van der Waals surface area (Å²) in [6, 6.07) is 7.28. The third-order valence-corrected chi connectivity index (χ3v) is 5.43. The van der Waals surface area contributed by atoms with E-state index in [9.17, 15) is 9.59 Å². The highest BCUT2D eigenvalue weighted by atomic mass is 32.1. The monoisotopic (exact) mass is 354 g/mol. The number of carbonyl (C=O) groups is 1. The minimum Gasteiger partial charge on any atom is -0.308 e. The number of pyridine rings is 1. The Morgan fingerprint density at radius 2 is 2.28 bits per heavy atom. The molecule has 1 N–H and O–H groups in total.